The lowest BCUT2D eigenvalue weighted by Gasteiger charge is -2.38. The van der Waals surface area contributed by atoms with Crippen molar-refractivity contribution in [2.45, 2.75) is 52.2 Å². The zero-order valence-corrected chi connectivity index (χ0v) is 21.0. The van der Waals surface area contributed by atoms with E-state index >= 15 is 0 Å². The summed E-state index contributed by atoms with van der Waals surface area (Å²) in [6, 6.07) is 23.8. The maximum atomic E-state index is 13.2. The van der Waals surface area contributed by atoms with E-state index in [1.54, 1.807) is 11.9 Å². The van der Waals surface area contributed by atoms with Crippen molar-refractivity contribution in [3.05, 3.63) is 95.1 Å². The fraction of sp³-hybridized carbons (Fsp3) is 0.333. The van der Waals surface area contributed by atoms with Crippen LogP contribution in [0.2, 0.25) is 0 Å². The summed E-state index contributed by atoms with van der Waals surface area (Å²) in [6.07, 6.45) is 1.21. The van der Waals surface area contributed by atoms with Crippen molar-refractivity contribution in [3.8, 4) is 5.75 Å². The zero-order chi connectivity index (χ0) is 24.9. The molecule has 0 fully saturated rings. The Kier molecular flexibility index (Phi) is 7.54. The average Bonchev–Trinajstić information content (AvgIpc) is 2.90. The minimum absolute atomic E-state index is 0.0886. The lowest BCUT2D eigenvalue weighted by atomic mass is 9.87. The van der Waals surface area contributed by atoms with Crippen LogP contribution in [0.25, 0.3) is 0 Å². The molecule has 0 spiro atoms. The highest BCUT2D eigenvalue weighted by atomic mass is 16.5. The van der Waals surface area contributed by atoms with E-state index in [1.165, 1.54) is 11.1 Å². The van der Waals surface area contributed by atoms with Crippen LogP contribution in [-0.2, 0) is 16.0 Å². The second-order valence-electron chi connectivity index (χ2n) is 9.11. The molecule has 4 rings (SSSR count). The highest BCUT2D eigenvalue weighted by Gasteiger charge is 2.32. The molecule has 2 atom stereocenters. The fourth-order valence-electron chi connectivity index (χ4n) is 4.71. The van der Waals surface area contributed by atoms with Crippen molar-refractivity contribution in [3.63, 3.8) is 0 Å². The molecule has 1 aliphatic heterocycles. The van der Waals surface area contributed by atoms with Crippen LogP contribution >= 0.6 is 0 Å². The predicted octanol–water partition coefficient (Wildman–Crippen LogP) is 5.70. The molecule has 35 heavy (non-hydrogen) atoms. The first-order chi connectivity index (χ1) is 16.9. The molecule has 3 aromatic carbocycles. The number of nitrogens with zero attached hydrogens (tertiary/aromatic N) is 2. The number of hydrogen-bond acceptors (Lipinski definition) is 3. The van der Waals surface area contributed by atoms with Gasteiger partial charge in [0.25, 0.3) is 5.91 Å². The summed E-state index contributed by atoms with van der Waals surface area (Å²) in [5, 5.41) is 0. The van der Waals surface area contributed by atoms with Crippen LogP contribution in [-0.4, -0.2) is 36.4 Å². The Morgan fingerprint density at radius 3 is 2.40 bits per heavy atom. The topological polar surface area (TPSA) is 49.9 Å². The van der Waals surface area contributed by atoms with E-state index in [2.05, 4.69) is 37.3 Å². The van der Waals surface area contributed by atoms with Crippen molar-refractivity contribution < 1.29 is 14.3 Å². The summed E-state index contributed by atoms with van der Waals surface area (Å²) in [6.45, 7) is 6.62. The first kappa shape index (κ1) is 24.5. The molecule has 2 amide bonds. The summed E-state index contributed by atoms with van der Waals surface area (Å²) in [7, 11) is 1.78. The molecule has 0 aromatic heterocycles. The summed E-state index contributed by atoms with van der Waals surface area (Å²) in [5.74, 6) is 0.696. The monoisotopic (exact) mass is 470 g/mol. The Bertz CT molecular complexity index is 1170. The van der Waals surface area contributed by atoms with Crippen molar-refractivity contribution >= 4 is 17.5 Å². The molecule has 1 aliphatic rings. The smallest absolute Gasteiger partial charge is 0.267 e. The van der Waals surface area contributed by atoms with Gasteiger partial charge in [-0.25, -0.2) is 0 Å². The van der Waals surface area contributed by atoms with Gasteiger partial charge in [0.05, 0.1) is 6.04 Å². The number of para-hydroxylation sites is 1. The Hall–Kier alpha value is -3.60. The van der Waals surface area contributed by atoms with Crippen LogP contribution in [0, 0.1) is 6.92 Å². The number of hydrogen-bond donors (Lipinski definition) is 0. The maximum Gasteiger partial charge on any atom is 0.267 e. The average molecular weight is 471 g/mol. The Morgan fingerprint density at radius 2 is 1.74 bits per heavy atom. The third kappa shape index (κ3) is 5.24. The number of aryl methyl sites for hydroxylation is 1. The quantitative estimate of drug-likeness (QED) is 0.445. The molecule has 0 saturated carbocycles. The Labute approximate surface area is 208 Å². The summed E-state index contributed by atoms with van der Waals surface area (Å²) in [4.78, 5) is 29.7. The lowest BCUT2D eigenvalue weighted by molar-refractivity contribution is -0.133. The van der Waals surface area contributed by atoms with Crippen LogP contribution in [0.15, 0.2) is 72.8 Å². The number of amides is 2. The highest BCUT2D eigenvalue weighted by molar-refractivity contribution is 5.96. The van der Waals surface area contributed by atoms with Gasteiger partial charge in [-0.1, -0.05) is 67.9 Å². The minimum Gasteiger partial charge on any atom is -0.481 e. The van der Waals surface area contributed by atoms with Crippen LogP contribution in [0.5, 0.6) is 5.75 Å². The van der Waals surface area contributed by atoms with Crippen LogP contribution in [0.4, 0.5) is 5.69 Å². The summed E-state index contributed by atoms with van der Waals surface area (Å²) < 4.78 is 6.26. The number of carbonyl (C=O) groups excluding carboxylic acids is 2. The van der Waals surface area contributed by atoms with Gasteiger partial charge in [0, 0.05) is 25.7 Å². The Morgan fingerprint density at radius 1 is 1.03 bits per heavy atom. The molecule has 1 heterocycles. The van der Waals surface area contributed by atoms with Crippen LogP contribution in [0.3, 0.4) is 0 Å². The van der Waals surface area contributed by atoms with Gasteiger partial charge in [-0.05, 0) is 60.7 Å². The molecular weight excluding hydrogens is 436 g/mol. The minimum atomic E-state index is -0.604. The van der Waals surface area contributed by atoms with E-state index in [0.29, 0.717) is 25.1 Å². The second-order valence-corrected chi connectivity index (χ2v) is 9.11. The van der Waals surface area contributed by atoms with Crippen molar-refractivity contribution in [1.82, 2.24) is 4.90 Å². The van der Waals surface area contributed by atoms with E-state index in [0.717, 1.165) is 23.2 Å². The SMILES string of the molecule is CCC(=O)N1CCc2ccc(OC(CC)C(=O)N(C)c3ccccc3)cc2C1c1ccc(C)cc1. The molecule has 182 valence electrons. The van der Waals surface area contributed by atoms with Gasteiger partial charge in [0.15, 0.2) is 6.10 Å². The number of rotatable bonds is 7. The van der Waals surface area contributed by atoms with E-state index in [9.17, 15) is 9.59 Å². The molecule has 3 aromatic rings. The first-order valence-electron chi connectivity index (χ1n) is 12.4. The van der Waals surface area contributed by atoms with E-state index in [1.807, 2.05) is 61.2 Å². The van der Waals surface area contributed by atoms with Gasteiger partial charge >= 0.3 is 0 Å². The number of fused-ring (bicyclic) bond motifs is 1. The van der Waals surface area contributed by atoms with Crippen molar-refractivity contribution in [2.24, 2.45) is 0 Å². The van der Waals surface area contributed by atoms with Crippen molar-refractivity contribution in [1.29, 1.82) is 0 Å². The molecule has 5 nitrogen and oxygen atoms in total. The van der Waals surface area contributed by atoms with Gasteiger partial charge in [0.2, 0.25) is 5.91 Å². The molecule has 0 radical (unpaired) electrons. The summed E-state index contributed by atoms with van der Waals surface area (Å²) >= 11 is 0. The van der Waals surface area contributed by atoms with E-state index in [4.69, 9.17) is 4.74 Å². The number of ether oxygens (including phenoxy) is 1. The second kappa shape index (κ2) is 10.8. The molecule has 0 saturated heterocycles. The number of anilines is 1. The van der Waals surface area contributed by atoms with Gasteiger partial charge in [-0.15, -0.1) is 0 Å². The molecular formula is C30H34N2O3. The maximum absolute atomic E-state index is 13.2. The first-order valence-corrected chi connectivity index (χ1v) is 12.4. The standard InChI is InChI=1S/C30H34N2O3/c1-5-27(30(34)31(4)24-10-8-7-9-11-24)35-25-17-16-22-18-19-32(28(33)6-2)29(26(22)20-25)23-14-12-21(3)13-15-23/h7-17,20,27,29H,5-6,18-19H2,1-4H3. The third-order valence-electron chi connectivity index (χ3n) is 6.76. The van der Waals surface area contributed by atoms with Crippen molar-refractivity contribution in [2.75, 3.05) is 18.5 Å². The lowest BCUT2D eigenvalue weighted by Crippen LogP contribution is -2.41. The van der Waals surface area contributed by atoms with E-state index in [-0.39, 0.29) is 17.9 Å². The molecule has 0 bridgehead atoms. The van der Waals surface area contributed by atoms with Crippen LogP contribution in [0.1, 0.15) is 55.0 Å². The van der Waals surface area contributed by atoms with E-state index < -0.39 is 6.10 Å². The van der Waals surface area contributed by atoms with Gasteiger partial charge in [-0.3, -0.25) is 9.59 Å². The molecule has 0 N–H and O–H groups in total. The Balaban J connectivity index is 1.65. The number of likely N-dealkylation sites (N-methyl/N-ethyl adjacent to an activating group) is 1. The van der Waals surface area contributed by atoms with Gasteiger partial charge in [0.1, 0.15) is 5.75 Å². The summed E-state index contributed by atoms with van der Waals surface area (Å²) in [5.41, 5.74) is 5.38. The van der Waals surface area contributed by atoms with Gasteiger partial charge < -0.3 is 14.5 Å². The zero-order valence-electron chi connectivity index (χ0n) is 21.0. The van der Waals surface area contributed by atoms with Gasteiger partial charge in [-0.2, -0.15) is 0 Å². The molecule has 0 aliphatic carbocycles. The number of benzene rings is 3. The molecule has 2 unspecified atom stereocenters. The molecule has 5 heteroatoms. The number of carbonyl (C=O) groups is 2. The largest absolute Gasteiger partial charge is 0.481 e. The normalized spacial score (nSPS) is 15.8. The predicted molar refractivity (Wildman–Crippen MR) is 140 cm³/mol. The highest BCUT2D eigenvalue weighted by Crippen LogP contribution is 2.38. The third-order valence-corrected chi connectivity index (χ3v) is 6.76. The fourth-order valence-corrected chi connectivity index (χ4v) is 4.71. The van der Waals surface area contributed by atoms with Crippen LogP contribution < -0.4 is 9.64 Å².